The quantitative estimate of drug-likeness (QED) is 0.883. The summed E-state index contributed by atoms with van der Waals surface area (Å²) in [6.07, 6.45) is 4.99. The van der Waals surface area contributed by atoms with E-state index in [1.54, 1.807) is 29.2 Å². The van der Waals surface area contributed by atoms with Crippen molar-refractivity contribution in [1.82, 2.24) is 20.1 Å². The second-order valence-electron chi connectivity index (χ2n) is 3.32. The summed E-state index contributed by atoms with van der Waals surface area (Å²) in [5.41, 5.74) is 0.518. The summed E-state index contributed by atoms with van der Waals surface area (Å²) in [5, 5.41) is 6.75. The minimum absolute atomic E-state index is 0.158. The highest BCUT2D eigenvalue weighted by atomic mass is 32.1. The molecule has 1 radical (unpaired) electrons. The number of nitrogens with zero attached hydrogens (tertiary/aromatic N) is 3. The smallest absolute Gasteiger partial charge is 0.252 e. The number of carbonyl (C=O) groups excluding carboxylic acids is 1. The predicted molar refractivity (Wildman–Crippen MR) is 66.2 cm³/mol. The monoisotopic (exact) mass is 247 g/mol. The van der Waals surface area contributed by atoms with E-state index < -0.39 is 0 Å². The van der Waals surface area contributed by atoms with Gasteiger partial charge in [-0.2, -0.15) is 5.10 Å². The van der Waals surface area contributed by atoms with Crippen LogP contribution in [0.25, 0.3) is 5.82 Å². The van der Waals surface area contributed by atoms with Crippen molar-refractivity contribution < 1.29 is 4.79 Å². The molecule has 0 aliphatic carbocycles. The lowest BCUT2D eigenvalue weighted by atomic mass is 10.2. The lowest BCUT2D eigenvalue weighted by Crippen LogP contribution is -2.25. The molecule has 2 rings (SSSR count). The molecular formula is C11H11N4OS. The van der Waals surface area contributed by atoms with Crippen LogP contribution in [0.5, 0.6) is 0 Å². The van der Waals surface area contributed by atoms with Crippen LogP contribution in [0.1, 0.15) is 10.4 Å². The van der Waals surface area contributed by atoms with Gasteiger partial charge in [0.05, 0.1) is 5.56 Å². The maximum atomic E-state index is 11.6. The van der Waals surface area contributed by atoms with Gasteiger partial charge >= 0.3 is 0 Å². The molecule has 0 atom stereocenters. The average molecular weight is 247 g/mol. The Hall–Kier alpha value is -1.82. The van der Waals surface area contributed by atoms with Crippen molar-refractivity contribution in [3.63, 3.8) is 0 Å². The van der Waals surface area contributed by atoms with Crippen LogP contribution in [0.15, 0.2) is 36.8 Å². The van der Waals surface area contributed by atoms with Gasteiger partial charge in [-0.05, 0) is 18.2 Å². The first-order valence-electron chi connectivity index (χ1n) is 5.13. The Morgan fingerprint density at radius 1 is 1.47 bits per heavy atom. The van der Waals surface area contributed by atoms with Crippen molar-refractivity contribution in [3.8, 4) is 5.82 Å². The summed E-state index contributed by atoms with van der Waals surface area (Å²) in [6.45, 7) is 0.495. The average Bonchev–Trinajstić information content (AvgIpc) is 2.90. The summed E-state index contributed by atoms with van der Waals surface area (Å²) >= 11 is 4.75. The van der Waals surface area contributed by atoms with E-state index in [0.29, 0.717) is 23.7 Å². The van der Waals surface area contributed by atoms with Gasteiger partial charge in [0.15, 0.2) is 5.82 Å². The Morgan fingerprint density at radius 3 is 2.94 bits per heavy atom. The summed E-state index contributed by atoms with van der Waals surface area (Å²) < 4.78 is 1.63. The standard InChI is InChI=1S/C11H11N4OS/c16-11(12-5-7-17)9-2-3-10(13-8-9)15-6-1-4-14-15/h1-4,6,8H,5,7H2,(H,12,16). The van der Waals surface area contributed by atoms with E-state index >= 15 is 0 Å². The van der Waals surface area contributed by atoms with Crippen molar-refractivity contribution in [3.05, 3.63) is 42.4 Å². The maximum absolute atomic E-state index is 11.6. The van der Waals surface area contributed by atoms with Crippen LogP contribution in [-0.2, 0) is 0 Å². The molecule has 17 heavy (non-hydrogen) atoms. The number of carbonyl (C=O) groups is 1. The van der Waals surface area contributed by atoms with Crippen molar-refractivity contribution in [1.29, 1.82) is 0 Å². The van der Waals surface area contributed by atoms with Crippen LogP contribution in [0, 0.1) is 0 Å². The van der Waals surface area contributed by atoms with Gasteiger partial charge in [0, 0.05) is 30.9 Å². The van der Waals surface area contributed by atoms with Crippen molar-refractivity contribution in [2.24, 2.45) is 0 Å². The van der Waals surface area contributed by atoms with E-state index in [1.807, 2.05) is 6.07 Å². The lowest BCUT2D eigenvalue weighted by Gasteiger charge is -2.04. The highest BCUT2D eigenvalue weighted by Gasteiger charge is 2.05. The molecule has 0 saturated carbocycles. The Labute approximate surface area is 104 Å². The summed E-state index contributed by atoms with van der Waals surface area (Å²) in [6, 6.07) is 5.27. The minimum Gasteiger partial charge on any atom is -0.351 e. The summed E-state index contributed by atoms with van der Waals surface area (Å²) in [4.78, 5) is 15.7. The zero-order valence-electron chi connectivity index (χ0n) is 9.04. The number of pyridine rings is 1. The highest BCUT2D eigenvalue weighted by Crippen LogP contribution is 2.04. The molecule has 6 heteroatoms. The van der Waals surface area contributed by atoms with Crippen LogP contribution in [0.2, 0.25) is 0 Å². The lowest BCUT2D eigenvalue weighted by molar-refractivity contribution is 0.0956. The van der Waals surface area contributed by atoms with E-state index in [-0.39, 0.29) is 5.91 Å². The van der Waals surface area contributed by atoms with E-state index in [4.69, 9.17) is 12.6 Å². The fourth-order valence-corrected chi connectivity index (χ4v) is 1.43. The molecule has 87 valence electrons. The Kier molecular flexibility index (Phi) is 3.77. The Bertz CT molecular complexity index is 481. The van der Waals surface area contributed by atoms with Gasteiger partial charge < -0.3 is 5.32 Å². The Morgan fingerprint density at radius 2 is 2.35 bits per heavy atom. The van der Waals surface area contributed by atoms with Crippen molar-refractivity contribution in [2.45, 2.75) is 0 Å². The molecule has 2 aromatic heterocycles. The minimum atomic E-state index is -0.158. The molecule has 2 aromatic rings. The molecule has 0 bridgehead atoms. The number of hydrogen-bond donors (Lipinski definition) is 1. The zero-order valence-corrected chi connectivity index (χ0v) is 9.85. The van der Waals surface area contributed by atoms with E-state index in [1.165, 1.54) is 6.20 Å². The van der Waals surface area contributed by atoms with Gasteiger partial charge in [-0.25, -0.2) is 9.67 Å². The van der Waals surface area contributed by atoms with Gasteiger partial charge in [0.25, 0.3) is 5.91 Å². The second kappa shape index (κ2) is 5.49. The summed E-state index contributed by atoms with van der Waals surface area (Å²) in [7, 11) is 0. The first kappa shape index (κ1) is 11.7. The fourth-order valence-electron chi connectivity index (χ4n) is 1.33. The predicted octanol–water partition coefficient (Wildman–Crippen LogP) is 1.19. The molecule has 0 unspecified atom stereocenters. The van der Waals surface area contributed by atoms with E-state index in [2.05, 4.69) is 15.4 Å². The van der Waals surface area contributed by atoms with Crippen LogP contribution in [0.4, 0.5) is 0 Å². The topological polar surface area (TPSA) is 59.8 Å². The van der Waals surface area contributed by atoms with E-state index in [9.17, 15) is 4.79 Å². The number of hydrogen-bond acceptors (Lipinski definition) is 3. The molecule has 0 spiro atoms. The Balaban J connectivity index is 2.10. The van der Waals surface area contributed by atoms with Crippen molar-refractivity contribution >= 4 is 18.5 Å². The number of aromatic nitrogens is 3. The molecule has 0 aliphatic rings. The van der Waals surface area contributed by atoms with Gasteiger partial charge in [-0.3, -0.25) is 4.79 Å². The normalized spacial score (nSPS) is 10.2. The van der Waals surface area contributed by atoms with Gasteiger partial charge in [0.2, 0.25) is 0 Å². The molecule has 0 aliphatic heterocycles. The van der Waals surface area contributed by atoms with Crippen molar-refractivity contribution in [2.75, 3.05) is 12.3 Å². The molecule has 5 nitrogen and oxygen atoms in total. The van der Waals surface area contributed by atoms with Crippen LogP contribution < -0.4 is 5.32 Å². The van der Waals surface area contributed by atoms with Crippen LogP contribution >= 0.6 is 12.6 Å². The molecule has 1 amide bonds. The number of rotatable bonds is 4. The van der Waals surface area contributed by atoms with Gasteiger partial charge in [-0.1, -0.05) is 12.6 Å². The third kappa shape index (κ3) is 2.85. The van der Waals surface area contributed by atoms with Gasteiger partial charge in [-0.15, -0.1) is 0 Å². The van der Waals surface area contributed by atoms with Crippen LogP contribution in [0.3, 0.4) is 0 Å². The summed E-state index contributed by atoms with van der Waals surface area (Å²) in [5.74, 6) is 1.02. The number of amides is 1. The first-order valence-corrected chi connectivity index (χ1v) is 5.71. The maximum Gasteiger partial charge on any atom is 0.252 e. The molecular weight excluding hydrogens is 236 g/mol. The van der Waals surface area contributed by atoms with Crippen LogP contribution in [-0.4, -0.2) is 33.0 Å². The molecule has 2 heterocycles. The molecule has 0 aromatic carbocycles. The highest BCUT2D eigenvalue weighted by molar-refractivity contribution is 7.80. The molecule has 1 N–H and O–H groups in total. The first-order chi connectivity index (χ1) is 8.31. The second-order valence-corrected chi connectivity index (χ2v) is 3.72. The SMILES string of the molecule is O=C(NCC[S])c1ccc(-n2cccn2)nc1. The zero-order chi connectivity index (χ0) is 12.1. The molecule has 0 saturated heterocycles. The third-order valence-corrected chi connectivity index (χ3v) is 2.34. The van der Waals surface area contributed by atoms with E-state index in [0.717, 1.165) is 0 Å². The third-order valence-electron chi connectivity index (χ3n) is 2.14. The number of nitrogens with one attached hydrogen (secondary N) is 1. The fraction of sp³-hybridized carbons (Fsp3) is 0.182. The molecule has 0 fully saturated rings. The van der Waals surface area contributed by atoms with Gasteiger partial charge in [0.1, 0.15) is 0 Å². The largest absolute Gasteiger partial charge is 0.351 e.